The molecule has 0 N–H and O–H groups in total. The van der Waals surface area contributed by atoms with Crippen molar-refractivity contribution in [3.8, 4) is 17.1 Å². The summed E-state index contributed by atoms with van der Waals surface area (Å²) in [4.78, 5) is 26.1. The van der Waals surface area contributed by atoms with Crippen molar-refractivity contribution in [1.82, 2.24) is 24.7 Å². The average molecular weight is 415 g/mol. The number of pyridine rings is 1. The molecule has 4 heterocycles. The molecule has 0 saturated heterocycles. The lowest BCUT2D eigenvalue weighted by molar-refractivity contribution is 0.380. The van der Waals surface area contributed by atoms with Crippen molar-refractivity contribution in [1.29, 1.82) is 0 Å². The second-order valence-corrected chi connectivity index (χ2v) is 7.68. The number of benzene rings is 1. The molecule has 1 aromatic carbocycles. The smallest absolute Gasteiger partial charge is 0.316 e. The fraction of sp³-hybridized carbons (Fsp3) is 0.136. The highest BCUT2D eigenvalue weighted by Crippen LogP contribution is 2.30. The molecule has 0 atom stereocenters. The minimum Gasteiger partial charge on any atom is -0.467 e. The number of nitrogens with zero attached hydrogens (tertiary/aromatic N) is 5. The van der Waals surface area contributed by atoms with Crippen LogP contribution in [0.4, 0.5) is 0 Å². The number of aryl methyl sites for hydroxylation is 2. The molecule has 5 aromatic rings. The van der Waals surface area contributed by atoms with E-state index in [-0.39, 0.29) is 5.56 Å². The van der Waals surface area contributed by atoms with E-state index in [1.807, 2.05) is 35.7 Å². The molecule has 0 aliphatic carbocycles. The Labute approximate surface area is 175 Å². The fourth-order valence-electron chi connectivity index (χ4n) is 3.39. The molecule has 0 amide bonds. The van der Waals surface area contributed by atoms with Crippen LogP contribution in [0.2, 0.25) is 0 Å². The number of para-hydroxylation sites is 1. The summed E-state index contributed by atoms with van der Waals surface area (Å²) in [5.41, 5.74) is 3.33. The van der Waals surface area contributed by atoms with E-state index in [4.69, 9.17) is 4.74 Å². The van der Waals surface area contributed by atoms with Gasteiger partial charge in [0.2, 0.25) is 0 Å². The normalized spacial score (nSPS) is 11.2. The highest BCUT2D eigenvalue weighted by Gasteiger charge is 2.14. The zero-order chi connectivity index (χ0) is 20.5. The van der Waals surface area contributed by atoms with Crippen LogP contribution in [-0.4, -0.2) is 31.8 Å². The Morgan fingerprint density at radius 2 is 1.90 bits per heavy atom. The molecule has 30 heavy (non-hydrogen) atoms. The standard InChI is InChI=1S/C22H17N5O2S/c1-29-22-23-10-15(11-24-22)17-13-30-19-12-25-27(21(28)20(17)19)9-8-16-7-6-14-4-2-3-5-18(14)26-16/h2-7,10-13H,8-9H2,1H3. The van der Waals surface area contributed by atoms with Crippen molar-refractivity contribution in [3.63, 3.8) is 0 Å². The van der Waals surface area contributed by atoms with Gasteiger partial charge in [-0.05, 0) is 12.1 Å². The van der Waals surface area contributed by atoms with E-state index in [2.05, 4.69) is 26.1 Å². The first-order valence-electron chi connectivity index (χ1n) is 9.41. The van der Waals surface area contributed by atoms with Gasteiger partial charge in [-0.25, -0.2) is 14.6 Å². The fourth-order valence-corrected chi connectivity index (χ4v) is 4.31. The van der Waals surface area contributed by atoms with Crippen LogP contribution in [0.25, 0.3) is 32.1 Å². The van der Waals surface area contributed by atoms with Crippen LogP contribution in [0.15, 0.2) is 65.2 Å². The molecule has 4 aromatic heterocycles. The van der Waals surface area contributed by atoms with E-state index in [1.54, 1.807) is 18.6 Å². The summed E-state index contributed by atoms with van der Waals surface area (Å²) in [5.74, 6) is 0. The second-order valence-electron chi connectivity index (χ2n) is 6.77. The maximum absolute atomic E-state index is 13.2. The van der Waals surface area contributed by atoms with Crippen molar-refractivity contribution < 1.29 is 4.74 Å². The molecule has 0 spiro atoms. The molecule has 0 aliphatic heterocycles. The predicted octanol–water partition coefficient (Wildman–Crippen LogP) is 3.71. The van der Waals surface area contributed by atoms with Gasteiger partial charge in [0.05, 0.1) is 35.5 Å². The number of fused-ring (bicyclic) bond motifs is 2. The van der Waals surface area contributed by atoms with Crippen molar-refractivity contribution in [2.45, 2.75) is 13.0 Å². The zero-order valence-corrected chi connectivity index (χ0v) is 17.0. The van der Waals surface area contributed by atoms with Crippen molar-refractivity contribution in [2.75, 3.05) is 7.11 Å². The molecule has 148 valence electrons. The molecule has 0 radical (unpaired) electrons. The lowest BCUT2D eigenvalue weighted by Crippen LogP contribution is -2.23. The first-order valence-corrected chi connectivity index (χ1v) is 10.3. The first-order chi connectivity index (χ1) is 14.7. The summed E-state index contributed by atoms with van der Waals surface area (Å²) in [5, 5.41) is 8.03. The molecule has 0 fully saturated rings. The quantitative estimate of drug-likeness (QED) is 0.435. The monoisotopic (exact) mass is 415 g/mol. The topological polar surface area (TPSA) is 82.8 Å². The summed E-state index contributed by atoms with van der Waals surface area (Å²) >= 11 is 1.48. The van der Waals surface area contributed by atoms with Crippen LogP contribution in [0.3, 0.4) is 0 Å². The van der Waals surface area contributed by atoms with Gasteiger partial charge in [-0.15, -0.1) is 11.3 Å². The number of hydrogen-bond donors (Lipinski definition) is 0. The van der Waals surface area contributed by atoms with E-state index < -0.39 is 0 Å². The van der Waals surface area contributed by atoms with Gasteiger partial charge in [0.25, 0.3) is 5.56 Å². The third-order valence-electron chi connectivity index (χ3n) is 4.94. The molecule has 0 saturated carbocycles. The van der Waals surface area contributed by atoms with E-state index in [0.717, 1.165) is 32.4 Å². The van der Waals surface area contributed by atoms with Crippen LogP contribution >= 0.6 is 11.3 Å². The van der Waals surface area contributed by atoms with E-state index in [9.17, 15) is 4.79 Å². The van der Waals surface area contributed by atoms with Gasteiger partial charge in [-0.1, -0.05) is 24.3 Å². The number of rotatable bonds is 5. The summed E-state index contributed by atoms with van der Waals surface area (Å²) in [6, 6.07) is 12.3. The van der Waals surface area contributed by atoms with E-state index in [1.165, 1.54) is 23.1 Å². The largest absolute Gasteiger partial charge is 0.467 e. The molecule has 0 unspecified atom stereocenters. The minimum absolute atomic E-state index is 0.125. The summed E-state index contributed by atoms with van der Waals surface area (Å²) in [7, 11) is 1.52. The highest BCUT2D eigenvalue weighted by atomic mass is 32.1. The van der Waals surface area contributed by atoms with Gasteiger partial charge in [0, 0.05) is 46.4 Å². The molecule has 8 heteroatoms. The Kier molecular flexibility index (Phi) is 4.68. The van der Waals surface area contributed by atoms with E-state index >= 15 is 0 Å². The van der Waals surface area contributed by atoms with Gasteiger partial charge < -0.3 is 4.74 Å². The SMILES string of the molecule is COc1ncc(-c2csc3cnn(CCc4ccc5ccccc5n4)c(=O)c23)cn1. The number of thiophene rings is 1. The number of ether oxygens (including phenoxy) is 1. The van der Waals surface area contributed by atoms with Crippen molar-refractivity contribution in [2.24, 2.45) is 0 Å². The molecule has 7 nitrogen and oxygen atoms in total. The highest BCUT2D eigenvalue weighted by molar-refractivity contribution is 7.17. The number of methoxy groups -OCH3 is 1. The van der Waals surface area contributed by atoms with Crippen LogP contribution < -0.4 is 10.3 Å². The molecular weight excluding hydrogens is 398 g/mol. The molecular formula is C22H17N5O2S. The lowest BCUT2D eigenvalue weighted by Gasteiger charge is -2.06. The van der Waals surface area contributed by atoms with Gasteiger partial charge in [0.1, 0.15) is 0 Å². The summed E-state index contributed by atoms with van der Waals surface area (Å²) in [6.45, 7) is 0.453. The van der Waals surface area contributed by atoms with Gasteiger partial charge in [-0.3, -0.25) is 9.78 Å². The first kappa shape index (κ1) is 18.4. The maximum Gasteiger partial charge on any atom is 0.316 e. The average Bonchev–Trinajstić information content (AvgIpc) is 3.23. The second kappa shape index (κ2) is 7.64. The Hall–Kier alpha value is -3.65. The van der Waals surface area contributed by atoms with Crippen molar-refractivity contribution >= 4 is 32.3 Å². The Balaban J connectivity index is 1.47. The van der Waals surface area contributed by atoms with Crippen LogP contribution in [0.5, 0.6) is 6.01 Å². The van der Waals surface area contributed by atoms with E-state index in [0.29, 0.717) is 24.4 Å². The minimum atomic E-state index is -0.125. The summed E-state index contributed by atoms with van der Waals surface area (Å²) < 4.78 is 7.35. The third kappa shape index (κ3) is 3.31. The van der Waals surface area contributed by atoms with Crippen LogP contribution in [0, 0.1) is 0 Å². The summed E-state index contributed by atoms with van der Waals surface area (Å²) in [6.07, 6.45) is 5.69. The Morgan fingerprint density at radius 1 is 1.07 bits per heavy atom. The maximum atomic E-state index is 13.2. The van der Waals surface area contributed by atoms with Crippen LogP contribution in [-0.2, 0) is 13.0 Å². The third-order valence-corrected chi connectivity index (χ3v) is 5.86. The Bertz CT molecular complexity index is 1410. The van der Waals surface area contributed by atoms with Gasteiger partial charge in [-0.2, -0.15) is 5.10 Å². The van der Waals surface area contributed by atoms with Crippen molar-refractivity contribution in [3.05, 3.63) is 76.4 Å². The van der Waals surface area contributed by atoms with Crippen LogP contribution in [0.1, 0.15) is 5.69 Å². The Morgan fingerprint density at radius 3 is 2.73 bits per heavy atom. The lowest BCUT2D eigenvalue weighted by atomic mass is 10.1. The number of aromatic nitrogens is 5. The molecule has 0 aliphatic rings. The van der Waals surface area contributed by atoms with Gasteiger partial charge >= 0.3 is 6.01 Å². The molecule has 5 rings (SSSR count). The van der Waals surface area contributed by atoms with Gasteiger partial charge in [0.15, 0.2) is 0 Å². The predicted molar refractivity (Wildman–Crippen MR) is 117 cm³/mol. The zero-order valence-electron chi connectivity index (χ0n) is 16.1. The molecule has 0 bridgehead atoms. The number of hydrogen-bond acceptors (Lipinski definition) is 7.